The molecule has 2 heterocycles. The van der Waals surface area contributed by atoms with Gasteiger partial charge in [-0.2, -0.15) is 0 Å². The monoisotopic (exact) mass is 352 g/mol. The highest BCUT2D eigenvalue weighted by molar-refractivity contribution is 7.88. The fraction of sp³-hybridized carbons (Fsp3) is 0.667. The van der Waals surface area contributed by atoms with Gasteiger partial charge in [0.2, 0.25) is 10.0 Å². The summed E-state index contributed by atoms with van der Waals surface area (Å²) >= 11 is 0. The van der Waals surface area contributed by atoms with Crippen molar-refractivity contribution in [2.24, 2.45) is 0 Å². The van der Waals surface area contributed by atoms with Gasteiger partial charge < -0.3 is 10.1 Å². The molecule has 2 aliphatic heterocycles. The van der Waals surface area contributed by atoms with E-state index in [0.717, 1.165) is 31.5 Å². The van der Waals surface area contributed by atoms with Crippen LogP contribution in [0.3, 0.4) is 0 Å². The zero-order valence-electron chi connectivity index (χ0n) is 14.5. The maximum Gasteiger partial charge on any atom is 0.216 e. The van der Waals surface area contributed by atoms with E-state index in [1.54, 1.807) is 0 Å². The van der Waals surface area contributed by atoms with Crippen molar-refractivity contribution in [2.75, 3.05) is 26.3 Å². The predicted molar refractivity (Wildman–Crippen MR) is 95.7 cm³/mol. The van der Waals surface area contributed by atoms with Gasteiger partial charge in [0.15, 0.2) is 0 Å². The van der Waals surface area contributed by atoms with E-state index >= 15 is 0 Å². The molecule has 134 valence electrons. The molecule has 0 amide bonds. The molecule has 0 atom stereocenters. The van der Waals surface area contributed by atoms with Gasteiger partial charge >= 0.3 is 0 Å². The molecule has 1 aromatic rings. The summed E-state index contributed by atoms with van der Waals surface area (Å²) in [4.78, 5) is 0. The second-order valence-corrected chi connectivity index (χ2v) is 9.00. The highest BCUT2D eigenvalue weighted by atomic mass is 32.2. The number of benzene rings is 1. The average Bonchev–Trinajstić information content (AvgIpc) is 2.51. The summed E-state index contributed by atoms with van der Waals surface area (Å²) < 4.78 is 32.9. The molecule has 24 heavy (non-hydrogen) atoms. The highest BCUT2D eigenvalue weighted by Gasteiger charge is 2.26. The Bertz CT molecular complexity index is 663. The molecule has 6 heteroatoms. The number of piperidine rings is 1. The van der Waals surface area contributed by atoms with Crippen molar-refractivity contribution in [1.29, 1.82) is 0 Å². The van der Waals surface area contributed by atoms with E-state index in [-0.39, 0.29) is 11.8 Å². The number of nitrogens with one attached hydrogen (secondary N) is 2. The zero-order chi connectivity index (χ0) is 17.2. The Balaban J connectivity index is 1.85. The van der Waals surface area contributed by atoms with Gasteiger partial charge in [0, 0.05) is 0 Å². The van der Waals surface area contributed by atoms with Crippen molar-refractivity contribution >= 4 is 10.0 Å². The smallest absolute Gasteiger partial charge is 0.216 e. The predicted octanol–water partition coefficient (Wildman–Crippen LogP) is 2.10. The van der Waals surface area contributed by atoms with Crippen molar-refractivity contribution in [1.82, 2.24) is 10.0 Å². The minimum atomic E-state index is -3.34. The van der Waals surface area contributed by atoms with E-state index in [4.69, 9.17) is 4.74 Å². The summed E-state index contributed by atoms with van der Waals surface area (Å²) in [5, 5.41) is 3.38. The van der Waals surface area contributed by atoms with Crippen LogP contribution in [-0.2, 0) is 20.5 Å². The number of hydrogen-bond acceptors (Lipinski definition) is 4. The molecule has 2 saturated heterocycles. The van der Waals surface area contributed by atoms with Crippen molar-refractivity contribution in [3.63, 3.8) is 0 Å². The first kappa shape index (κ1) is 17.9. The zero-order valence-corrected chi connectivity index (χ0v) is 15.4. The van der Waals surface area contributed by atoms with Crippen LogP contribution in [0.5, 0.6) is 0 Å². The summed E-state index contributed by atoms with van der Waals surface area (Å²) in [6.07, 6.45) is 2.13. The van der Waals surface area contributed by atoms with Crippen molar-refractivity contribution in [2.45, 2.75) is 50.3 Å². The van der Waals surface area contributed by atoms with Crippen LogP contribution in [0.4, 0.5) is 0 Å². The lowest BCUT2D eigenvalue weighted by atomic mass is 9.86. The summed E-state index contributed by atoms with van der Waals surface area (Å²) in [5.74, 6) is 0.898. The van der Waals surface area contributed by atoms with Crippen LogP contribution < -0.4 is 10.0 Å². The Morgan fingerprint density at radius 1 is 1.25 bits per heavy atom. The molecule has 1 aromatic carbocycles. The minimum absolute atomic E-state index is 0.0589. The summed E-state index contributed by atoms with van der Waals surface area (Å²) in [6.45, 7) is 7.24. The van der Waals surface area contributed by atoms with Crippen LogP contribution in [0.2, 0.25) is 0 Å². The summed E-state index contributed by atoms with van der Waals surface area (Å²) in [7, 11) is -3.34. The third-order valence-corrected chi connectivity index (χ3v) is 6.33. The standard InChI is InChI=1S/C18H28N2O3S/c1-13(2)15-3-4-18(14-5-7-19-8-6-14)16(9-15)12-24(21,22)20-17-10-23-11-17/h3-4,9,13-14,17,19-20H,5-8,10-12H2,1-2H3. The largest absolute Gasteiger partial charge is 0.378 e. The molecule has 0 radical (unpaired) electrons. The number of sulfonamides is 1. The van der Waals surface area contributed by atoms with Gasteiger partial charge in [0.25, 0.3) is 0 Å². The van der Waals surface area contributed by atoms with Crippen LogP contribution in [-0.4, -0.2) is 40.8 Å². The first-order valence-electron chi connectivity index (χ1n) is 8.86. The van der Waals surface area contributed by atoms with Crippen LogP contribution in [0.1, 0.15) is 55.2 Å². The van der Waals surface area contributed by atoms with E-state index in [9.17, 15) is 8.42 Å². The molecule has 0 aromatic heterocycles. The second kappa shape index (κ2) is 7.52. The average molecular weight is 353 g/mol. The van der Waals surface area contributed by atoms with E-state index < -0.39 is 10.0 Å². The second-order valence-electron chi connectivity index (χ2n) is 7.25. The van der Waals surface area contributed by atoms with Gasteiger partial charge in [0.05, 0.1) is 25.0 Å². The molecule has 5 nitrogen and oxygen atoms in total. The molecule has 0 aliphatic carbocycles. The van der Waals surface area contributed by atoms with Gasteiger partial charge in [-0.15, -0.1) is 0 Å². The van der Waals surface area contributed by atoms with Crippen molar-refractivity contribution in [3.05, 3.63) is 34.9 Å². The number of ether oxygens (including phenoxy) is 1. The fourth-order valence-electron chi connectivity index (χ4n) is 3.45. The van der Waals surface area contributed by atoms with E-state index in [1.165, 1.54) is 11.1 Å². The molecule has 2 N–H and O–H groups in total. The van der Waals surface area contributed by atoms with Gasteiger partial charge in [-0.3, -0.25) is 0 Å². The first-order valence-corrected chi connectivity index (χ1v) is 10.5. The first-order chi connectivity index (χ1) is 11.4. The lowest BCUT2D eigenvalue weighted by Crippen LogP contribution is -2.48. The lowest BCUT2D eigenvalue weighted by molar-refractivity contribution is 0.00480. The SMILES string of the molecule is CC(C)c1ccc(C2CCNCC2)c(CS(=O)(=O)NC2COC2)c1. The van der Waals surface area contributed by atoms with Crippen LogP contribution in [0.15, 0.2) is 18.2 Å². The number of rotatable bonds is 6. The molecule has 0 saturated carbocycles. The van der Waals surface area contributed by atoms with E-state index in [1.807, 2.05) is 0 Å². The molecule has 0 bridgehead atoms. The van der Waals surface area contributed by atoms with Crippen molar-refractivity contribution in [3.8, 4) is 0 Å². The third kappa shape index (κ3) is 4.36. The Hall–Kier alpha value is -0.950. The molecular weight excluding hydrogens is 324 g/mol. The van der Waals surface area contributed by atoms with E-state index in [0.29, 0.717) is 25.0 Å². The molecule has 2 aliphatic rings. The maximum atomic E-state index is 12.5. The van der Waals surface area contributed by atoms with Crippen LogP contribution in [0.25, 0.3) is 0 Å². The lowest BCUT2D eigenvalue weighted by Gasteiger charge is -2.28. The Morgan fingerprint density at radius 2 is 1.96 bits per heavy atom. The molecule has 2 fully saturated rings. The fourth-order valence-corrected chi connectivity index (χ4v) is 4.83. The Labute approximate surface area is 145 Å². The number of hydrogen-bond donors (Lipinski definition) is 2. The van der Waals surface area contributed by atoms with Crippen LogP contribution in [0, 0.1) is 0 Å². The molecule has 0 unspecified atom stereocenters. The summed E-state index contributed by atoms with van der Waals surface area (Å²) in [5.41, 5.74) is 3.36. The quantitative estimate of drug-likeness (QED) is 0.823. The van der Waals surface area contributed by atoms with E-state index in [2.05, 4.69) is 42.1 Å². The normalized spacial score (nSPS) is 20.3. The highest BCUT2D eigenvalue weighted by Crippen LogP contribution is 2.31. The van der Waals surface area contributed by atoms with Gasteiger partial charge in [-0.1, -0.05) is 32.0 Å². The molecular formula is C18H28N2O3S. The maximum absolute atomic E-state index is 12.5. The minimum Gasteiger partial charge on any atom is -0.378 e. The Kier molecular flexibility index (Phi) is 5.59. The Morgan fingerprint density at radius 3 is 2.54 bits per heavy atom. The summed E-state index contributed by atoms with van der Waals surface area (Å²) in [6, 6.07) is 6.34. The van der Waals surface area contributed by atoms with Crippen molar-refractivity contribution < 1.29 is 13.2 Å². The van der Waals surface area contributed by atoms with Gasteiger partial charge in [-0.05, 0) is 54.5 Å². The topological polar surface area (TPSA) is 67.4 Å². The molecule has 0 spiro atoms. The molecule has 3 rings (SSSR count). The van der Waals surface area contributed by atoms with Crippen LogP contribution >= 0.6 is 0 Å². The third-order valence-electron chi connectivity index (χ3n) is 4.94. The van der Waals surface area contributed by atoms with Gasteiger partial charge in [0.1, 0.15) is 0 Å². The van der Waals surface area contributed by atoms with Gasteiger partial charge in [-0.25, -0.2) is 13.1 Å².